The zero-order valence-electron chi connectivity index (χ0n) is 12.1. The van der Waals surface area contributed by atoms with Gasteiger partial charge >= 0.3 is 0 Å². The fraction of sp³-hybridized carbons (Fsp3) is 0.176. The van der Waals surface area contributed by atoms with Gasteiger partial charge in [0.1, 0.15) is 11.4 Å². The van der Waals surface area contributed by atoms with Gasteiger partial charge in [0.05, 0.1) is 7.11 Å². The highest BCUT2D eigenvalue weighted by molar-refractivity contribution is 6.00. The third kappa shape index (κ3) is 2.52. The lowest BCUT2D eigenvalue weighted by Gasteiger charge is -2.10. The first-order chi connectivity index (χ1) is 10.3. The Bertz CT molecular complexity index is 754. The number of hydrogen-bond donors (Lipinski definition) is 1. The first kappa shape index (κ1) is 13.4. The summed E-state index contributed by atoms with van der Waals surface area (Å²) in [6.07, 6.45) is 0. The normalized spacial score (nSPS) is 10.6. The summed E-state index contributed by atoms with van der Waals surface area (Å²) in [6, 6.07) is 16.0. The summed E-state index contributed by atoms with van der Waals surface area (Å²) in [5, 5.41) is 14.1. The standard InChI is InChI=1S/C17H17N3O/c1-3-18-17-15-7-5-4-6-14(15)16(19-20-17)12-8-10-13(21-2)11-9-12/h4-11H,3H2,1-2H3,(H,18,20). The summed E-state index contributed by atoms with van der Waals surface area (Å²) in [5.74, 6) is 1.66. The van der Waals surface area contributed by atoms with Crippen LogP contribution in [0, 0.1) is 0 Å². The molecule has 0 atom stereocenters. The molecule has 4 heteroatoms. The van der Waals surface area contributed by atoms with Gasteiger partial charge in [0.2, 0.25) is 0 Å². The largest absolute Gasteiger partial charge is 0.497 e. The first-order valence-corrected chi connectivity index (χ1v) is 6.97. The Morgan fingerprint density at radius 2 is 1.67 bits per heavy atom. The fourth-order valence-electron chi connectivity index (χ4n) is 2.36. The van der Waals surface area contributed by atoms with Crippen molar-refractivity contribution in [3.63, 3.8) is 0 Å². The van der Waals surface area contributed by atoms with Crippen LogP contribution in [0.25, 0.3) is 22.0 Å². The molecule has 0 amide bonds. The molecule has 21 heavy (non-hydrogen) atoms. The Labute approximate surface area is 123 Å². The van der Waals surface area contributed by atoms with Crippen molar-refractivity contribution >= 4 is 16.6 Å². The van der Waals surface area contributed by atoms with E-state index in [1.807, 2.05) is 43.3 Å². The van der Waals surface area contributed by atoms with E-state index in [1.54, 1.807) is 7.11 Å². The van der Waals surface area contributed by atoms with Crippen molar-refractivity contribution in [2.24, 2.45) is 0 Å². The molecular formula is C17H17N3O. The zero-order valence-corrected chi connectivity index (χ0v) is 12.1. The maximum atomic E-state index is 5.20. The van der Waals surface area contributed by atoms with Crippen molar-refractivity contribution in [2.75, 3.05) is 19.0 Å². The van der Waals surface area contributed by atoms with Gasteiger partial charge in [0.15, 0.2) is 5.82 Å². The summed E-state index contributed by atoms with van der Waals surface area (Å²) >= 11 is 0. The molecule has 4 nitrogen and oxygen atoms in total. The van der Waals surface area contributed by atoms with E-state index >= 15 is 0 Å². The Morgan fingerprint density at radius 1 is 0.952 bits per heavy atom. The molecule has 0 spiro atoms. The van der Waals surface area contributed by atoms with Gasteiger partial charge < -0.3 is 10.1 Å². The number of anilines is 1. The number of nitrogens with zero attached hydrogens (tertiary/aromatic N) is 2. The molecule has 0 bridgehead atoms. The molecule has 0 radical (unpaired) electrons. The molecule has 1 aromatic heterocycles. The summed E-state index contributed by atoms with van der Waals surface area (Å²) < 4.78 is 5.20. The topological polar surface area (TPSA) is 47.0 Å². The lowest BCUT2D eigenvalue weighted by molar-refractivity contribution is 0.415. The van der Waals surface area contributed by atoms with Gasteiger partial charge in [-0.25, -0.2) is 0 Å². The average Bonchev–Trinajstić information content (AvgIpc) is 2.56. The average molecular weight is 279 g/mol. The second-order valence-electron chi connectivity index (χ2n) is 4.70. The number of aromatic nitrogens is 2. The van der Waals surface area contributed by atoms with Gasteiger partial charge in [-0.15, -0.1) is 10.2 Å². The van der Waals surface area contributed by atoms with Crippen LogP contribution in [0.1, 0.15) is 6.92 Å². The van der Waals surface area contributed by atoms with Crippen LogP contribution in [0.15, 0.2) is 48.5 Å². The molecule has 3 aromatic rings. The summed E-state index contributed by atoms with van der Waals surface area (Å²) in [7, 11) is 1.66. The second kappa shape index (κ2) is 5.79. The van der Waals surface area contributed by atoms with Crippen LogP contribution < -0.4 is 10.1 Å². The molecule has 106 valence electrons. The molecule has 1 heterocycles. The van der Waals surface area contributed by atoms with E-state index in [1.165, 1.54) is 0 Å². The van der Waals surface area contributed by atoms with Crippen molar-refractivity contribution in [1.82, 2.24) is 10.2 Å². The van der Waals surface area contributed by atoms with Gasteiger partial charge in [-0.2, -0.15) is 0 Å². The second-order valence-corrected chi connectivity index (χ2v) is 4.70. The number of methoxy groups -OCH3 is 1. The molecular weight excluding hydrogens is 262 g/mol. The molecule has 0 aliphatic carbocycles. The van der Waals surface area contributed by atoms with Crippen LogP contribution >= 0.6 is 0 Å². The lowest BCUT2D eigenvalue weighted by atomic mass is 10.0. The van der Waals surface area contributed by atoms with E-state index in [4.69, 9.17) is 4.74 Å². The van der Waals surface area contributed by atoms with Gasteiger partial charge in [-0.05, 0) is 31.2 Å². The summed E-state index contributed by atoms with van der Waals surface area (Å²) in [4.78, 5) is 0. The van der Waals surface area contributed by atoms with Gasteiger partial charge in [-0.3, -0.25) is 0 Å². The molecule has 0 saturated heterocycles. The minimum absolute atomic E-state index is 0.820. The van der Waals surface area contributed by atoms with E-state index in [2.05, 4.69) is 27.6 Å². The molecule has 1 N–H and O–H groups in total. The maximum absolute atomic E-state index is 5.20. The molecule has 0 aliphatic heterocycles. The number of ether oxygens (including phenoxy) is 1. The number of fused-ring (bicyclic) bond motifs is 1. The van der Waals surface area contributed by atoms with E-state index < -0.39 is 0 Å². The van der Waals surface area contributed by atoms with Crippen LogP contribution in [0.5, 0.6) is 5.75 Å². The third-order valence-electron chi connectivity index (χ3n) is 3.39. The molecule has 3 rings (SSSR count). The predicted molar refractivity (Wildman–Crippen MR) is 85.7 cm³/mol. The monoisotopic (exact) mass is 279 g/mol. The highest BCUT2D eigenvalue weighted by atomic mass is 16.5. The van der Waals surface area contributed by atoms with Crippen LogP contribution in [0.3, 0.4) is 0 Å². The fourth-order valence-corrected chi connectivity index (χ4v) is 2.36. The predicted octanol–water partition coefficient (Wildman–Crippen LogP) is 3.74. The molecule has 0 fully saturated rings. The van der Waals surface area contributed by atoms with E-state index in [0.29, 0.717) is 0 Å². The number of nitrogens with one attached hydrogen (secondary N) is 1. The minimum Gasteiger partial charge on any atom is -0.497 e. The highest BCUT2D eigenvalue weighted by Gasteiger charge is 2.10. The van der Waals surface area contributed by atoms with Crippen molar-refractivity contribution in [1.29, 1.82) is 0 Å². The minimum atomic E-state index is 0.820. The summed E-state index contributed by atoms with van der Waals surface area (Å²) in [6.45, 7) is 2.87. The zero-order chi connectivity index (χ0) is 14.7. The van der Waals surface area contributed by atoms with E-state index in [9.17, 15) is 0 Å². The number of hydrogen-bond acceptors (Lipinski definition) is 4. The molecule has 0 saturated carbocycles. The highest BCUT2D eigenvalue weighted by Crippen LogP contribution is 2.30. The quantitative estimate of drug-likeness (QED) is 0.790. The third-order valence-corrected chi connectivity index (χ3v) is 3.39. The molecule has 2 aromatic carbocycles. The van der Waals surface area contributed by atoms with Crippen molar-refractivity contribution in [3.8, 4) is 17.0 Å². The lowest BCUT2D eigenvalue weighted by Crippen LogP contribution is -2.02. The van der Waals surface area contributed by atoms with Gasteiger partial charge in [0, 0.05) is 22.9 Å². The van der Waals surface area contributed by atoms with E-state index in [0.717, 1.165) is 40.1 Å². The van der Waals surface area contributed by atoms with E-state index in [-0.39, 0.29) is 0 Å². The Hall–Kier alpha value is -2.62. The van der Waals surface area contributed by atoms with Gasteiger partial charge in [0.25, 0.3) is 0 Å². The van der Waals surface area contributed by atoms with Gasteiger partial charge in [-0.1, -0.05) is 24.3 Å². The smallest absolute Gasteiger partial charge is 0.156 e. The van der Waals surface area contributed by atoms with Crippen LogP contribution in [0.4, 0.5) is 5.82 Å². The van der Waals surface area contributed by atoms with Crippen LogP contribution in [-0.2, 0) is 0 Å². The Balaban J connectivity index is 2.16. The van der Waals surface area contributed by atoms with Crippen molar-refractivity contribution < 1.29 is 4.74 Å². The SMILES string of the molecule is CCNc1nnc(-c2ccc(OC)cc2)c2ccccc12. The van der Waals surface area contributed by atoms with Crippen molar-refractivity contribution in [3.05, 3.63) is 48.5 Å². The number of benzene rings is 2. The Kier molecular flexibility index (Phi) is 3.69. The number of rotatable bonds is 4. The molecule has 0 unspecified atom stereocenters. The maximum Gasteiger partial charge on any atom is 0.156 e. The Morgan fingerprint density at radius 3 is 2.33 bits per heavy atom. The van der Waals surface area contributed by atoms with Crippen LogP contribution in [-0.4, -0.2) is 23.9 Å². The van der Waals surface area contributed by atoms with Crippen molar-refractivity contribution in [2.45, 2.75) is 6.92 Å². The summed E-state index contributed by atoms with van der Waals surface area (Å²) in [5.41, 5.74) is 1.91. The van der Waals surface area contributed by atoms with Crippen LogP contribution in [0.2, 0.25) is 0 Å². The first-order valence-electron chi connectivity index (χ1n) is 6.97. The molecule has 0 aliphatic rings.